The van der Waals surface area contributed by atoms with Crippen molar-refractivity contribution in [3.8, 4) is 0 Å². The van der Waals surface area contributed by atoms with E-state index in [2.05, 4.69) is 45.8 Å². The summed E-state index contributed by atoms with van der Waals surface area (Å²) in [5, 5.41) is 0.551. The Morgan fingerprint density at radius 1 is 1.35 bits per heavy atom. The van der Waals surface area contributed by atoms with Crippen LogP contribution in [0.1, 0.15) is 23.7 Å². The van der Waals surface area contributed by atoms with E-state index in [0.29, 0.717) is 11.9 Å². The fourth-order valence-electron chi connectivity index (χ4n) is 2.96. The van der Waals surface area contributed by atoms with E-state index in [9.17, 15) is 9.59 Å². The molecule has 0 radical (unpaired) electrons. The summed E-state index contributed by atoms with van der Waals surface area (Å²) in [6, 6.07) is 5.73. The molecule has 0 saturated carbocycles. The summed E-state index contributed by atoms with van der Waals surface area (Å²) < 4.78 is 8.00. The van der Waals surface area contributed by atoms with Crippen molar-refractivity contribution in [3.63, 3.8) is 0 Å². The minimum Gasteiger partial charge on any atom is -0.462 e. The largest absolute Gasteiger partial charge is 0.462 e. The molecule has 0 spiro atoms. The zero-order valence-corrected chi connectivity index (χ0v) is 17.0. The lowest BCUT2D eigenvalue weighted by atomic mass is 10.1. The van der Waals surface area contributed by atoms with Gasteiger partial charge in [-0.25, -0.2) is 4.79 Å². The van der Waals surface area contributed by atoms with Gasteiger partial charge in [0.25, 0.3) is 0 Å². The molecule has 0 aliphatic carbocycles. The molecule has 3 rings (SSSR count). The van der Waals surface area contributed by atoms with E-state index >= 15 is 0 Å². The van der Waals surface area contributed by atoms with Crippen LogP contribution >= 0.6 is 22.6 Å². The van der Waals surface area contributed by atoms with E-state index < -0.39 is 5.97 Å². The van der Waals surface area contributed by atoms with Crippen molar-refractivity contribution in [2.75, 3.05) is 20.2 Å². The van der Waals surface area contributed by atoms with Gasteiger partial charge in [-0.3, -0.25) is 4.79 Å². The lowest BCUT2D eigenvalue weighted by Gasteiger charge is -2.18. The van der Waals surface area contributed by atoms with E-state index in [-0.39, 0.29) is 17.6 Å². The number of allylic oxidation sites excluding steroid dienone is 2. The maximum atomic E-state index is 12.7. The maximum absolute atomic E-state index is 12.7. The molecule has 0 amide bonds. The third-order valence-corrected chi connectivity index (χ3v) is 5.03. The summed E-state index contributed by atoms with van der Waals surface area (Å²) in [4.78, 5) is 27.1. The van der Waals surface area contributed by atoms with Crippen molar-refractivity contribution in [3.05, 3.63) is 67.7 Å². The van der Waals surface area contributed by atoms with Gasteiger partial charge in [0.1, 0.15) is 5.56 Å². The molecule has 2 aromatic rings. The Kier molecular flexibility index (Phi) is 5.80. The molecule has 0 unspecified atom stereocenters. The molecule has 5 nitrogen and oxygen atoms in total. The summed E-state index contributed by atoms with van der Waals surface area (Å²) in [7, 11) is 2.03. The molecule has 26 heavy (non-hydrogen) atoms. The molecule has 0 bridgehead atoms. The Morgan fingerprint density at radius 2 is 2.15 bits per heavy atom. The zero-order valence-electron chi connectivity index (χ0n) is 14.9. The van der Waals surface area contributed by atoms with Crippen LogP contribution < -0.4 is 5.43 Å². The van der Waals surface area contributed by atoms with Gasteiger partial charge in [-0.2, -0.15) is 0 Å². The standard InChI is InChI=1S/C20H21IN2O3/c1-3-26-20(25)17-13-23(11-8-14-6-9-22(2)10-7-14)18-5-4-15(21)12-16(18)19(17)24/h4-7,9,12-13H,3,8,10-11H2,1-2H3. The number of fused-ring (bicyclic) bond motifs is 1. The molecule has 1 aromatic heterocycles. The van der Waals surface area contributed by atoms with Crippen LogP contribution in [0.3, 0.4) is 0 Å². The minimum atomic E-state index is -0.564. The first-order valence-electron chi connectivity index (χ1n) is 8.57. The predicted octanol–water partition coefficient (Wildman–Crippen LogP) is 3.56. The van der Waals surface area contributed by atoms with E-state index in [0.717, 1.165) is 22.1 Å². The van der Waals surface area contributed by atoms with Crippen molar-refractivity contribution < 1.29 is 9.53 Å². The zero-order chi connectivity index (χ0) is 18.7. The first kappa shape index (κ1) is 18.7. The fraction of sp³-hybridized carbons (Fsp3) is 0.300. The second-order valence-corrected chi connectivity index (χ2v) is 7.48. The average molecular weight is 464 g/mol. The number of ether oxygens (including phenoxy) is 1. The molecule has 0 N–H and O–H groups in total. The number of esters is 1. The number of pyridine rings is 1. The van der Waals surface area contributed by atoms with E-state index in [1.807, 2.05) is 29.8 Å². The summed E-state index contributed by atoms with van der Waals surface area (Å²) >= 11 is 2.17. The third kappa shape index (κ3) is 4.00. The van der Waals surface area contributed by atoms with Crippen LogP contribution in [0.2, 0.25) is 0 Å². The Morgan fingerprint density at radius 3 is 2.85 bits per heavy atom. The van der Waals surface area contributed by atoms with E-state index in [4.69, 9.17) is 4.74 Å². The van der Waals surface area contributed by atoms with Gasteiger partial charge < -0.3 is 14.2 Å². The number of benzene rings is 1. The van der Waals surface area contributed by atoms with Crippen molar-refractivity contribution in [1.82, 2.24) is 9.47 Å². The molecular weight excluding hydrogens is 443 g/mol. The SMILES string of the molecule is CCOC(=O)c1cn(CCC2=CCN(C)C=C2)c2ccc(I)cc2c1=O. The van der Waals surface area contributed by atoms with Gasteiger partial charge in [0.05, 0.1) is 12.1 Å². The number of aryl methyl sites for hydroxylation is 1. The van der Waals surface area contributed by atoms with Gasteiger partial charge >= 0.3 is 5.97 Å². The fourth-order valence-corrected chi connectivity index (χ4v) is 3.45. The molecule has 1 aromatic carbocycles. The number of carbonyl (C=O) groups is 1. The van der Waals surface area contributed by atoms with Gasteiger partial charge in [0.15, 0.2) is 0 Å². The number of nitrogens with zero attached hydrogens (tertiary/aromatic N) is 2. The molecular formula is C20H21IN2O3. The Hall–Kier alpha value is -2.09. The summed E-state index contributed by atoms with van der Waals surface area (Å²) in [6.45, 7) is 3.56. The number of halogens is 1. The van der Waals surface area contributed by atoms with Crippen molar-refractivity contribution in [2.45, 2.75) is 19.9 Å². The second-order valence-electron chi connectivity index (χ2n) is 6.23. The molecule has 0 fully saturated rings. The summed E-state index contributed by atoms with van der Waals surface area (Å²) in [5.41, 5.74) is 1.90. The highest BCUT2D eigenvalue weighted by atomic mass is 127. The Labute approximate surface area is 166 Å². The number of carbonyl (C=O) groups excluding carboxylic acids is 1. The first-order valence-corrected chi connectivity index (χ1v) is 9.64. The van der Waals surface area contributed by atoms with Crippen molar-refractivity contribution in [2.24, 2.45) is 0 Å². The molecule has 1 aliphatic rings. The predicted molar refractivity (Wildman–Crippen MR) is 111 cm³/mol. The van der Waals surface area contributed by atoms with Gasteiger partial charge in [0.2, 0.25) is 5.43 Å². The van der Waals surface area contributed by atoms with Crippen LogP contribution in [0.15, 0.2) is 53.1 Å². The molecule has 136 valence electrons. The Balaban J connectivity index is 2.00. The number of likely N-dealkylation sites (N-methyl/N-ethyl adjacent to an activating group) is 1. The smallest absolute Gasteiger partial charge is 0.343 e. The van der Waals surface area contributed by atoms with E-state index in [1.54, 1.807) is 13.1 Å². The molecule has 6 heteroatoms. The number of rotatable bonds is 5. The number of hydrogen-bond acceptors (Lipinski definition) is 4. The number of hydrogen-bond donors (Lipinski definition) is 0. The second kappa shape index (κ2) is 8.07. The van der Waals surface area contributed by atoms with Crippen molar-refractivity contribution in [1.29, 1.82) is 0 Å². The van der Waals surface area contributed by atoms with Gasteiger partial charge in [-0.15, -0.1) is 0 Å². The third-order valence-electron chi connectivity index (χ3n) is 4.36. The number of aromatic nitrogens is 1. The van der Waals surface area contributed by atoms with Gasteiger partial charge in [0, 0.05) is 35.3 Å². The Bertz CT molecular complexity index is 959. The van der Waals surface area contributed by atoms with Gasteiger partial charge in [-0.05, 0) is 72.0 Å². The first-order chi connectivity index (χ1) is 12.5. The van der Waals surface area contributed by atoms with Crippen LogP contribution in [-0.2, 0) is 11.3 Å². The highest BCUT2D eigenvalue weighted by Gasteiger charge is 2.17. The molecule has 2 heterocycles. The quantitative estimate of drug-likeness (QED) is 0.502. The van der Waals surface area contributed by atoms with Crippen LogP contribution in [0.25, 0.3) is 10.9 Å². The molecule has 0 saturated heterocycles. The molecule has 1 aliphatic heterocycles. The average Bonchev–Trinajstić information content (AvgIpc) is 2.63. The van der Waals surface area contributed by atoms with Crippen LogP contribution in [0.5, 0.6) is 0 Å². The van der Waals surface area contributed by atoms with Crippen molar-refractivity contribution >= 4 is 39.5 Å². The monoisotopic (exact) mass is 464 g/mol. The highest BCUT2D eigenvalue weighted by Crippen LogP contribution is 2.18. The van der Waals surface area contributed by atoms with Crippen LogP contribution in [-0.4, -0.2) is 35.6 Å². The lowest BCUT2D eigenvalue weighted by molar-refractivity contribution is 0.0524. The highest BCUT2D eigenvalue weighted by molar-refractivity contribution is 14.1. The van der Waals surface area contributed by atoms with Crippen LogP contribution in [0.4, 0.5) is 0 Å². The lowest BCUT2D eigenvalue weighted by Crippen LogP contribution is -2.21. The van der Waals surface area contributed by atoms with Gasteiger partial charge in [-0.1, -0.05) is 6.08 Å². The molecule has 0 atom stereocenters. The maximum Gasteiger partial charge on any atom is 0.343 e. The topological polar surface area (TPSA) is 51.5 Å². The minimum absolute atomic E-state index is 0.0919. The summed E-state index contributed by atoms with van der Waals surface area (Å²) in [5.74, 6) is -0.564. The summed E-state index contributed by atoms with van der Waals surface area (Å²) in [6.07, 6.45) is 8.82. The normalized spacial score (nSPS) is 13.8. The van der Waals surface area contributed by atoms with Crippen LogP contribution in [0, 0.1) is 3.57 Å². The van der Waals surface area contributed by atoms with E-state index in [1.165, 1.54) is 5.57 Å².